The van der Waals surface area contributed by atoms with Gasteiger partial charge in [-0.15, -0.1) is 0 Å². The first-order chi connectivity index (χ1) is 13.7. The van der Waals surface area contributed by atoms with E-state index in [4.69, 9.17) is 0 Å². The van der Waals surface area contributed by atoms with Gasteiger partial charge in [-0.05, 0) is 44.4 Å². The molecule has 0 unspecified atom stereocenters. The maximum atomic E-state index is 13.9. The van der Waals surface area contributed by atoms with Gasteiger partial charge in [-0.1, -0.05) is 12.1 Å². The minimum atomic E-state index is -0.984. The van der Waals surface area contributed by atoms with Gasteiger partial charge in [0.05, 0.1) is 6.04 Å². The number of amides is 3. The quantitative estimate of drug-likeness (QED) is 0.840. The Morgan fingerprint density at radius 3 is 2.48 bits per heavy atom. The highest BCUT2D eigenvalue weighted by Gasteiger charge is 2.53. The lowest BCUT2D eigenvalue weighted by atomic mass is 9.89. The molecule has 0 spiro atoms. The minimum absolute atomic E-state index is 0.0663. The second-order valence-electron chi connectivity index (χ2n) is 9.20. The van der Waals surface area contributed by atoms with Gasteiger partial charge in [0.2, 0.25) is 17.7 Å². The van der Waals surface area contributed by atoms with Crippen LogP contribution in [0.1, 0.15) is 45.2 Å². The maximum Gasteiger partial charge on any atom is 0.247 e. The van der Waals surface area contributed by atoms with Crippen LogP contribution >= 0.6 is 0 Å². The Morgan fingerprint density at radius 1 is 1.14 bits per heavy atom. The van der Waals surface area contributed by atoms with E-state index in [0.717, 1.165) is 18.4 Å². The van der Waals surface area contributed by atoms with Gasteiger partial charge in [0.25, 0.3) is 0 Å². The van der Waals surface area contributed by atoms with Crippen LogP contribution in [0.2, 0.25) is 0 Å². The summed E-state index contributed by atoms with van der Waals surface area (Å²) < 4.78 is 13.9. The van der Waals surface area contributed by atoms with Gasteiger partial charge in [0.1, 0.15) is 11.4 Å². The van der Waals surface area contributed by atoms with Gasteiger partial charge in [0, 0.05) is 44.3 Å². The number of fused-ring (bicyclic) bond motifs is 1. The summed E-state index contributed by atoms with van der Waals surface area (Å²) in [5.74, 6) is -0.213. The number of nitrogens with zero attached hydrogens (tertiary/aromatic N) is 2. The third kappa shape index (κ3) is 3.74. The normalized spacial score (nSPS) is 26.4. The fourth-order valence-corrected chi connectivity index (χ4v) is 5.01. The van der Waals surface area contributed by atoms with E-state index in [1.807, 2.05) is 11.0 Å². The molecule has 0 radical (unpaired) electrons. The SMILES string of the molecule is CC(=O)NC(C)(C)C(=O)N1C[C@H]2CN(C(=O)C3CC3)[C@H](c3cccc(F)c3)[C@H]2C1. The van der Waals surface area contributed by atoms with E-state index >= 15 is 0 Å². The molecule has 1 saturated carbocycles. The molecular formula is C22H28FN3O3. The van der Waals surface area contributed by atoms with Crippen LogP contribution in [0.3, 0.4) is 0 Å². The predicted molar refractivity (Wildman–Crippen MR) is 105 cm³/mol. The van der Waals surface area contributed by atoms with E-state index in [1.165, 1.54) is 19.1 Å². The monoisotopic (exact) mass is 401 g/mol. The van der Waals surface area contributed by atoms with Gasteiger partial charge in [-0.2, -0.15) is 0 Å². The molecule has 3 fully saturated rings. The van der Waals surface area contributed by atoms with Crippen molar-refractivity contribution in [2.24, 2.45) is 17.8 Å². The molecule has 0 bridgehead atoms. The molecule has 2 saturated heterocycles. The highest BCUT2D eigenvalue weighted by atomic mass is 19.1. The lowest BCUT2D eigenvalue weighted by Gasteiger charge is -2.33. The molecule has 3 aliphatic rings. The molecule has 0 aromatic heterocycles. The van der Waals surface area contributed by atoms with Crippen molar-refractivity contribution >= 4 is 17.7 Å². The van der Waals surface area contributed by atoms with E-state index in [0.29, 0.717) is 19.6 Å². The standard InChI is InChI=1S/C22H28FN3O3/c1-13(27)24-22(2,3)21(29)25-10-16-11-26(20(28)14-7-8-14)19(18(16)12-25)15-5-4-6-17(23)9-15/h4-6,9,14,16,18-19H,7-8,10-12H2,1-3H3,(H,24,27)/t16-,18-,19+/m0/s1. The van der Waals surface area contributed by atoms with E-state index in [-0.39, 0.29) is 47.3 Å². The van der Waals surface area contributed by atoms with Crippen LogP contribution in [0.15, 0.2) is 24.3 Å². The van der Waals surface area contributed by atoms with Gasteiger partial charge in [-0.25, -0.2) is 4.39 Å². The van der Waals surface area contributed by atoms with E-state index < -0.39 is 5.54 Å². The van der Waals surface area contributed by atoms with Crippen LogP contribution in [0.5, 0.6) is 0 Å². The van der Waals surface area contributed by atoms with Crippen molar-refractivity contribution in [2.45, 2.75) is 45.2 Å². The molecule has 1 aromatic rings. The number of hydrogen-bond donors (Lipinski definition) is 1. The van der Waals surface area contributed by atoms with Crippen molar-refractivity contribution in [1.29, 1.82) is 0 Å². The molecule has 29 heavy (non-hydrogen) atoms. The zero-order valence-electron chi connectivity index (χ0n) is 17.2. The van der Waals surface area contributed by atoms with E-state index in [2.05, 4.69) is 5.32 Å². The molecule has 2 heterocycles. The fourth-order valence-electron chi connectivity index (χ4n) is 5.01. The second kappa shape index (κ2) is 7.11. The number of carbonyl (C=O) groups excluding carboxylic acids is 3. The summed E-state index contributed by atoms with van der Waals surface area (Å²) in [6.45, 7) is 6.45. The van der Waals surface area contributed by atoms with Crippen LogP contribution in [0.25, 0.3) is 0 Å². The van der Waals surface area contributed by atoms with Gasteiger partial charge in [-0.3, -0.25) is 14.4 Å². The predicted octanol–water partition coefficient (Wildman–Crippen LogP) is 2.11. The fraction of sp³-hybridized carbons (Fsp3) is 0.591. The lowest BCUT2D eigenvalue weighted by molar-refractivity contribution is -0.140. The number of halogens is 1. The zero-order chi connectivity index (χ0) is 20.9. The third-order valence-electron chi connectivity index (χ3n) is 6.37. The van der Waals surface area contributed by atoms with Gasteiger partial charge in [0.15, 0.2) is 0 Å². The molecule has 3 amide bonds. The number of nitrogens with one attached hydrogen (secondary N) is 1. The maximum absolute atomic E-state index is 13.9. The molecule has 3 atom stereocenters. The van der Waals surface area contributed by atoms with E-state index in [9.17, 15) is 18.8 Å². The van der Waals surface area contributed by atoms with Crippen LogP contribution in [0, 0.1) is 23.6 Å². The van der Waals surface area contributed by atoms with Crippen LogP contribution in [0.4, 0.5) is 4.39 Å². The number of likely N-dealkylation sites (tertiary alicyclic amines) is 2. The number of hydrogen-bond acceptors (Lipinski definition) is 3. The highest BCUT2D eigenvalue weighted by Crippen LogP contribution is 2.47. The molecule has 6 nitrogen and oxygen atoms in total. The topological polar surface area (TPSA) is 69.7 Å². The Bertz CT molecular complexity index is 851. The molecule has 1 N–H and O–H groups in total. The van der Waals surface area contributed by atoms with Crippen LogP contribution in [-0.2, 0) is 14.4 Å². The smallest absolute Gasteiger partial charge is 0.247 e. The second-order valence-corrected chi connectivity index (χ2v) is 9.20. The largest absolute Gasteiger partial charge is 0.342 e. The first-order valence-electron chi connectivity index (χ1n) is 10.3. The van der Waals surface area contributed by atoms with Crippen molar-refractivity contribution in [3.63, 3.8) is 0 Å². The van der Waals surface area contributed by atoms with Crippen molar-refractivity contribution in [2.75, 3.05) is 19.6 Å². The van der Waals surface area contributed by atoms with Crippen molar-refractivity contribution in [1.82, 2.24) is 15.1 Å². The molecule has 1 aromatic carbocycles. The molecule has 1 aliphatic carbocycles. The van der Waals surface area contributed by atoms with Crippen molar-refractivity contribution < 1.29 is 18.8 Å². The Morgan fingerprint density at radius 2 is 1.86 bits per heavy atom. The van der Waals surface area contributed by atoms with Gasteiger partial charge < -0.3 is 15.1 Å². The number of benzene rings is 1. The Kier molecular flexibility index (Phi) is 4.87. The summed E-state index contributed by atoms with van der Waals surface area (Å²) in [5, 5.41) is 2.72. The highest BCUT2D eigenvalue weighted by molar-refractivity contribution is 5.90. The summed E-state index contributed by atoms with van der Waals surface area (Å²) in [5.41, 5.74) is -0.190. The summed E-state index contributed by atoms with van der Waals surface area (Å²) in [6, 6.07) is 6.24. The van der Waals surface area contributed by atoms with Crippen molar-refractivity contribution in [3.8, 4) is 0 Å². The zero-order valence-corrected chi connectivity index (χ0v) is 17.2. The third-order valence-corrected chi connectivity index (χ3v) is 6.37. The average Bonchev–Trinajstić information content (AvgIpc) is 3.31. The Balaban J connectivity index is 1.58. The number of rotatable bonds is 4. The molecule has 156 valence electrons. The summed E-state index contributed by atoms with van der Waals surface area (Å²) in [7, 11) is 0. The molecule has 2 aliphatic heterocycles. The van der Waals surface area contributed by atoms with Crippen LogP contribution in [-0.4, -0.2) is 52.7 Å². The molecular weight excluding hydrogens is 373 g/mol. The lowest BCUT2D eigenvalue weighted by Crippen LogP contribution is -2.55. The Labute approximate surface area is 170 Å². The van der Waals surface area contributed by atoms with Gasteiger partial charge >= 0.3 is 0 Å². The average molecular weight is 401 g/mol. The molecule has 4 rings (SSSR count). The first kappa shape index (κ1) is 19.9. The van der Waals surface area contributed by atoms with Crippen LogP contribution < -0.4 is 5.32 Å². The molecule has 7 heteroatoms. The summed E-state index contributed by atoms with van der Waals surface area (Å²) >= 11 is 0. The first-order valence-corrected chi connectivity index (χ1v) is 10.3. The Hall–Kier alpha value is -2.44. The summed E-state index contributed by atoms with van der Waals surface area (Å²) in [4.78, 5) is 41.1. The van der Waals surface area contributed by atoms with Crippen molar-refractivity contribution in [3.05, 3.63) is 35.6 Å². The summed E-state index contributed by atoms with van der Waals surface area (Å²) in [6.07, 6.45) is 1.85. The van der Waals surface area contributed by atoms with E-state index in [1.54, 1.807) is 24.8 Å². The number of carbonyl (C=O) groups is 3. The minimum Gasteiger partial charge on any atom is -0.342 e.